The number of thiophene rings is 1. The molecule has 4 nitrogen and oxygen atoms in total. The molecule has 136 valence electrons. The van der Waals surface area contributed by atoms with Gasteiger partial charge in [-0.3, -0.25) is 4.79 Å². The Labute approximate surface area is 160 Å². The van der Waals surface area contributed by atoms with Crippen molar-refractivity contribution in [2.24, 2.45) is 16.7 Å². The number of nitrogens with one attached hydrogen (secondary N) is 2. The molecule has 6 heteroatoms. The standard InChI is InChI=1S/C19H27N3OS2/c1-18(2,3)11-7-8-12-13(10-20)15(25-14(12)9-11)21-17(24)22-16(23)19(4,5)6/h11H,7-9H2,1-6H3,(H2,21,22,23,24). The lowest BCUT2D eigenvalue weighted by Crippen LogP contribution is -2.41. The molecule has 1 aromatic rings. The van der Waals surface area contributed by atoms with Gasteiger partial charge in [-0.05, 0) is 48.4 Å². The van der Waals surface area contributed by atoms with Crippen LogP contribution in [-0.2, 0) is 17.6 Å². The minimum Gasteiger partial charge on any atom is -0.323 e. The molecule has 0 saturated carbocycles. The topological polar surface area (TPSA) is 64.9 Å². The zero-order valence-corrected chi connectivity index (χ0v) is 17.5. The van der Waals surface area contributed by atoms with Crippen LogP contribution in [0.2, 0.25) is 0 Å². The third-order valence-electron chi connectivity index (χ3n) is 4.74. The lowest BCUT2D eigenvalue weighted by Gasteiger charge is -2.33. The molecular weight excluding hydrogens is 350 g/mol. The Kier molecular flexibility index (Phi) is 5.60. The number of hydrogen-bond donors (Lipinski definition) is 2. The zero-order chi connectivity index (χ0) is 19.0. The molecule has 0 spiro atoms. The van der Waals surface area contributed by atoms with E-state index in [1.165, 1.54) is 4.88 Å². The Bertz CT molecular complexity index is 730. The van der Waals surface area contributed by atoms with Gasteiger partial charge in [-0.1, -0.05) is 41.5 Å². The van der Waals surface area contributed by atoms with Gasteiger partial charge in [0.2, 0.25) is 5.91 Å². The van der Waals surface area contributed by atoms with Crippen molar-refractivity contribution < 1.29 is 4.79 Å². The maximum Gasteiger partial charge on any atom is 0.231 e. The predicted octanol–water partition coefficient (Wildman–Crippen LogP) is 4.63. The van der Waals surface area contributed by atoms with Crippen molar-refractivity contribution in [3.63, 3.8) is 0 Å². The Morgan fingerprint density at radius 2 is 1.92 bits per heavy atom. The third-order valence-corrected chi connectivity index (χ3v) is 6.11. The maximum atomic E-state index is 12.1. The summed E-state index contributed by atoms with van der Waals surface area (Å²) in [7, 11) is 0. The highest BCUT2D eigenvalue weighted by Crippen LogP contribution is 2.43. The second kappa shape index (κ2) is 7.05. The van der Waals surface area contributed by atoms with Gasteiger partial charge >= 0.3 is 0 Å². The van der Waals surface area contributed by atoms with Crippen LogP contribution in [0.4, 0.5) is 5.00 Å². The Hall–Kier alpha value is -1.45. The molecule has 1 atom stereocenters. The number of carbonyl (C=O) groups is 1. The molecule has 2 rings (SSSR count). The van der Waals surface area contributed by atoms with Gasteiger partial charge in [0.1, 0.15) is 11.1 Å². The molecule has 0 radical (unpaired) electrons. The summed E-state index contributed by atoms with van der Waals surface area (Å²) in [5.74, 6) is 0.475. The van der Waals surface area contributed by atoms with Crippen molar-refractivity contribution in [2.75, 3.05) is 5.32 Å². The molecule has 25 heavy (non-hydrogen) atoms. The lowest BCUT2D eigenvalue weighted by atomic mass is 9.72. The minimum atomic E-state index is -0.515. The monoisotopic (exact) mass is 377 g/mol. The molecule has 1 amide bonds. The summed E-state index contributed by atoms with van der Waals surface area (Å²) < 4.78 is 0. The van der Waals surface area contributed by atoms with Crippen molar-refractivity contribution >= 4 is 39.6 Å². The average molecular weight is 378 g/mol. The van der Waals surface area contributed by atoms with Gasteiger partial charge < -0.3 is 10.6 Å². The predicted molar refractivity (Wildman–Crippen MR) is 108 cm³/mol. The van der Waals surface area contributed by atoms with Crippen LogP contribution in [0.3, 0.4) is 0 Å². The number of hydrogen-bond acceptors (Lipinski definition) is 4. The normalized spacial score (nSPS) is 17.4. The van der Waals surface area contributed by atoms with Crippen molar-refractivity contribution in [3.05, 3.63) is 16.0 Å². The Balaban J connectivity index is 2.19. The quantitative estimate of drug-likeness (QED) is 0.700. The molecular formula is C19H27N3OS2. The van der Waals surface area contributed by atoms with Crippen molar-refractivity contribution in [3.8, 4) is 6.07 Å². The van der Waals surface area contributed by atoms with Crippen LogP contribution >= 0.6 is 23.6 Å². The van der Waals surface area contributed by atoms with Crippen molar-refractivity contribution in [2.45, 2.75) is 60.8 Å². The summed E-state index contributed by atoms with van der Waals surface area (Å²) in [6.45, 7) is 12.3. The number of thiocarbonyl (C=S) groups is 1. The van der Waals surface area contributed by atoms with E-state index in [4.69, 9.17) is 12.2 Å². The molecule has 1 aliphatic carbocycles. The fourth-order valence-corrected chi connectivity index (χ4v) is 4.50. The summed E-state index contributed by atoms with van der Waals surface area (Å²) in [4.78, 5) is 13.3. The SMILES string of the molecule is CC(C)(C)C(=O)NC(=S)Nc1sc2c(c1C#N)CCC(C(C)(C)C)C2. The van der Waals surface area contributed by atoms with Gasteiger partial charge in [0.15, 0.2) is 5.11 Å². The number of anilines is 1. The van der Waals surface area contributed by atoms with Crippen LogP contribution in [0.15, 0.2) is 0 Å². The van der Waals surface area contributed by atoms with Crippen LogP contribution in [-0.4, -0.2) is 11.0 Å². The van der Waals surface area contributed by atoms with E-state index in [0.29, 0.717) is 11.5 Å². The lowest BCUT2D eigenvalue weighted by molar-refractivity contribution is -0.126. The molecule has 0 saturated heterocycles. The van der Waals surface area contributed by atoms with E-state index in [2.05, 4.69) is 37.5 Å². The van der Waals surface area contributed by atoms with E-state index in [0.717, 1.165) is 29.8 Å². The van der Waals surface area contributed by atoms with Gasteiger partial charge in [-0.25, -0.2) is 0 Å². The first-order valence-electron chi connectivity index (χ1n) is 8.60. The summed E-state index contributed by atoms with van der Waals surface area (Å²) in [6, 6.07) is 2.32. The largest absolute Gasteiger partial charge is 0.323 e. The number of fused-ring (bicyclic) bond motifs is 1. The first kappa shape index (κ1) is 19.9. The number of amides is 1. The first-order chi connectivity index (χ1) is 11.4. The molecule has 0 aromatic carbocycles. The minimum absolute atomic E-state index is 0.141. The molecule has 2 N–H and O–H groups in total. The molecule has 0 fully saturated rings. The highest BCUT2D eigenvalue weighted by molar-refractivity contribution is 7.80. The highest BCUT2D eigenvalue weighted by Gasteiger charge is 2.32. The van der Waals surface area contributed by atoms with Crippen LogP contribution in [0.5, 0.6) is 0 Å². The Morgan fingerprint density at radius 3 is 2.44 bits per heavy atom. The van der Waals surface area contributed by atoms with Gasteiger partial charge in [0.05, 0.1) is 5.56 Å². The summed E-state index contributed by atoms with van der Waals surface area (Å²) >= 11 is 6.86. The molecule has 1 aromatic heterocycles. The van der Waals surface area contributed by atoms with Crippen LogP contribution in [0.25, 0.3) is 0 Å². The fraction of sp³-hybridized carbons (Fsp3) is 0.632. The second-order valence-corrected chi connectivity index (χ2v) is 10.3. The molecule has 0 aliphatic heterocycles. The van der Waals surface area contributed by atoms with E-state index < -0.39 is 5.41 Å². The third kappa shape index (κ3) is 4.59. The summed E-state index contributed by atoms with van der Waals surface area (Å²) in [5, 5.41) is 16.4. The molecule has 1 unspecified atom stereocenters. The van der Waals surface area contributed by atoms with E-state index >= 15 is 0 Å². The highest BCUT2D eigenvalue weighted by atomic mass is 32.1. The van der Waals surface area contributed by atoms with E-state index in [1.807, 2.05) is 20.8 Å². The zero-order valence-electron chi connectivity index (χ0n) is 15.9. The number of nitrogens with zero attached hydrogens (tertiary/aromatic N) is 1. The summed E-state index contributed by atoms with van der Waals surface area (Å²) in [5.41, 5.74) is 1.58. The van der Waals surface area contributed by atoms with Gasteiger partial charge in [-0.15, -0.1) is 11.3 Å². The molecule has 1 heterocycles. The van der Waals surface area contributed by atoms with E-state index in [1.54, 1.807) is 11.3 Å². The van der Waals surface area contributed by atoms with Gasteiger partial charge in [-0.2, -0.15) is 5.26 Å². The van der Waals surface area contributed by atoms with Crippen LogP contribution < -0.4 is 10.6 Å². The summed E-state index contributed by atoms with van der Waals surface area (Å²) in [6.07, 6.45) is 3.03. The number of rotatable bonds is 1. The first-order valence-corrected chi connectivity index (χ1v) is 9.83. The van der Waals surface area contributed by atoms with E-state index in [-0.39, 0.29) is 16.4 Å². The van der Waals surface area contributed by atoms with Gasteiger partial charge in [0.25, 0.3) is 0 Å². The van der Waals surface area contributed by atoms with Crippen LogP contribution in [0, 0.1) is 28.1 Å². The number of carbonyl (C=O) groups excluding carboxylic acids is 1. The molecule has 1 aliphatic rings. The van der Waals surface area contributed by atoms with Crippen molar-refractivity contribution in [1.29, 1.82) is 5.26 Å². The van der Waals surface area contributed by atoms with Gasteiger partial charge in [0, 0.05) is 10.3 Å². The Morgan fingerprint density at radius 1 is 1.28 bits per heavy atom. The van der Waals surface area contributed by atoms with E-state index in [9.17, 15) is 10.1 Å². The number of nitriles is 1. The van der Waals surface area contributed by atoms with Crippen LogP contribution in [0.1, 0.15) is 64.0 Å². The molecule has 0 bridgehead atoms. The fourth-order valence-electron chi connectivity index (χ4n) is 2.96. The van der Waals surface area contributed by atoms with Crippen molar-refractivity contribution in [1.82, 2.24) is 5.32 Å². The second-order valence-electron chi connectivity index (χ2n) is 8.78. The average Bonchev–Trinajstić information content (AvgIpc) is 2.80. The smallest absolute Gasteiger partial charge is 0.231 e. The maximum absolute atomic E-state index is 12.1.